The van der Waals surface area contributed by atoms with Crippen molar-refractivity contribution in [2.75, 3.05) is 7.05 Å². The molecule has 17 heavy (non-hydrogen) atoms. The fourth-order valence-electron chi connectivity index (χ4n) is 1.18. The maximum Gasteiger partial charge on any atom is 0.328 e. The third-order valence-electron chi connectivity index (χ3n) is 2.15. The Bertz CT molecular complexity index is 379. The molecule has 0 radical (unpaired) electrons. The molecule has 5 heteroatoms. The molecule has 5 nitrogen and oxygen atoms in total. The molecular weight excluding hydrogens is 220 g/mol. The number of esters is 1. The maximum atomic E-state index is 11.5. The van der Waals surface area contributed by atoms with Gasteiger partial charge in [0.05, 0.1) is 0 Å². The fourth-order valence-corrected chi connectivity index (χ4v) is 1.18. The van der Waals surface area contributed by atoms with E-state index in [0.29, 0.717) is 0 Å². The second-order valence-electron chi connectivity index (χ2n) is 3.54. The van der Waals surface area contributed by atoms with E-state index in [1.807, 2.05) is 30.3 Å². The SMILES string of the molecule is CNC(=O)NC(C)C(=O)OCc1ccccc1. The molecule has 0 aliphatic carbocycles. The lowest BCUT2D eigenvalue weighted by Crippen LogP contribution is -2.43. The van der Waals surface area contributed by atoms with Crippen LogP contribution in [0.2, 0.25) is 0 Å². The van der Waals surface area contributed by atoms with E-state index in [1.165, 1.54) is 7.05 Å². The van der Waals surface area contributed by atoms with E-state index >= 15 is 0 Å². The molecule has 1 rings (SSSR count). The molecule has 2 N–H and O–H groups in total. The second-order valence-corrected chi connectivity index (χ2v) is 3.54. The average molecular weight is 236 g/mol. The Balaban J connectivity index is 2.37. The van der Waals surface area contributed by atoms with Crippen molar-refractivity contribution >= 4 is 12.0 Å². The summed E-state index contributed by atoms with van der Waals surface area (Å²) in [5.41, 5.74) is 0.910. The standard InChI is InChI=1S/C12H16N2O3/c1-9(14-12(16)13-2)11(15)17-8-10-6-4-3-5-7-10/h3-7,9H,8H2,1-2H3,(H2,13,14,16). The first kappa shape index (κ1) is 13.0. The molecule has 1 aromatic carbocycles. The summed E-state index contributed by atoms with van der Waals surface area (Å²) in [6.07, 6.45) is 0. The molecule has 0 heterocycles. The number of ether oxygens (including phenoxy) is 1. The van der Waals surface area contributed by atoms with E-state index in [4.69, 9.17) is 4.74 Å². The van der Waals surface area contributed by atoms with Gasteiger partial charge in [0, 0.05) is 7.05 Å². The van der Waals surface area contributed by atoms with Crippen LogP contribution in [-0.4, -0.2) is 25.1 Å². The zero-order chi connectivity index (χ0) is 12.7. The fraction of sp³-hybridized carbons (Fsp3) is 0.333. The van der Waals surface area contributed by atoms with Gasteiger partial charge in [0.25, 0.3) is 0 Å². The van der Waals surface area contributed by atoms with E-state index in [0.717, 1.165) is 5.56 Å². The predicted octanol–water partition coefficient (Wildman–Crippen LogP) is 1.05. The van der Waals surface area contributed by atoms with Crippen LogP contribution in [0.5, 0.6) is 0 Å². The number of benzene rings is 1. The van der Waals surface area contributed by atoms with Crippen LogP contribution in [0.3, 0.4) is 0 Å². The minimum atomic E-state index is -0.668. The molecule has 0 spiro atoms. The lowest BCUT2D eigenvalue weighted by molar-refractivity contribution is -0.146. The summed E-state index contributed by atoms with van der Waals surface area (Å²) in [7, 11) is 1.48. The Morgan fingerprint density at radius 3 is 2.53 bits per heavy atom. The van der Waals surface area contributed by atoms with Crippen molar-refractivity contribution in [2.24, 2.45) is 0 Å². The molecule has 0 saturated carbocycles. The van der Waals surface area contributed by atoms with Gasteiger partial charge in [-0.15, -0.1) is 0 Å². The quantitative estimate of drug-likeness (QED) is 0.768. The van der Waals surface area contributed by atoms with E-state index < -0.39 is 18.0 Å². The molecular formula is C12H16N2O3. The first-order valence-electron chi connectivity index (χ1n) is 5.32. The van der Waals surface area contributed by atoms with Crippen molar-refractivity contribution in [1.82, 2.24) is 10.6 Å². The van der Waals surface area contributed by atoms with Crippen LogP contribution >= 0.6 is 0 Å². The van der Waals surface area contributed by atoms with Crippen LogP contribution in [0.15, 0.2) is 30.3 Å². The van der Waals surface area contributed by atoms with Crippen molar-refractivity contribution in [3.05, 3.63) is 35.9 Å². The first-order chi connectivity index (χ1) is 8.13. The summed E-state index contributed by atoms with van der Waals surface area (Å²) in [5.74, 6) is -0.461. The third-order valence-corrected chi connectivity index (χ3v) is 2.15. The lowest BCUT2D eigenvalue weighted by Gasteiger charge is -2.12. The first-order valence-corrected chi connectivity index (χ1v) is 5.32. The lowest BCUT2D eigenvalue weighted by atomic mass is 10.2. The molecule has 92 valence electrons. The van der Waals surface area contributed by atoms with Crippen LogP contribution < -0.4 is 10.6 Å². The molecule has 0 aromatic heterocycles. The molecule has 1 aromatic rings. The van der Waals surface area contributed by atoms with Crippen molar-refractivity contribution in [1.29, 1.82) is 0 Å². The molecule has 0 bridgehead atoms. The van der Waals surface area contributed by atoms with Crippen molar-refractivity contribution in [3.8, 4) is 0 Å². The van der Waals surface area contributed by atoms with Crippen LogP contribution in [0.4, 0.5) is 4.79 Å². The van der Waals surface area contributed by atoms with E-state index in [-0.39, 0.29) is 6.61 Å². The van der Waals surface area contributed by atoms with Crippen molar-refractivity contribution in [2.45, 2.75) is 19.6 Å². The van der Waals surface area contributed by atoms with Gasteiger partial charge in [0.1, 0.15) is 12.6 Å². The smallest absolute Gasteiger partial charge is 0.328 e. The van der Waals surface area contributed by atoms with Crippen LogP contribution in [-0.2, 0) is 16.1 Å². The number of hydrogen-bond donors (Lipinski definition) is 2. The largest absolute Gasteiger partial charge is 0.459 e. The summed E-state index contributed by atoms with van der Waals surface area (Å²) in [5, 5.41) is 4.81. The Labute approximate surface area is 100 Å². The highest BCUT2D eigenvalue weighted by atomic mass is 16.5. The zero-order valence-corrected chi connectivity index (χ0v) is 9.90. The van der Waals surface area contributed by atoms with E-state index in [2.05, 4.69) is 10.6 Å². The highest BCUT2D eigenvalue weighted by Gasteiger charge is 2.15. The number of carbonyl (C=O) groups excluding carboxylic acids is 2. The summed E-state index contributed by atoms with van der Waals surface area (Å²) in [4.78, 5) is 22.5. The van der Waals surface area contributed by atoms with Gasteiger partial charge in [-0.1, -0.05) is 30.3 Å². The normalized spacial score (nSPS) is 11.4. The van der Waals surface area contributed by atoms with E-state index in [1.54, 1.807) is 6.92 Å². The highest BCUT2D eigenvalue weighted by Crippen LogP contribution is 2.01. The monoisotopic (exact) mass is 236 g/mol. The average Bonchev–Trinajstić information content (AvgIpc) is 2.36. The van der Waals surface area contributed by atoms with Crippen LogP contribution in [0.1, 0.15) is 12.5 Å². The van der Waals surface area contributed by atoms with Gasteiger partial charge in [0.15, 0.2) is 0 Å². The molecule has 1 atom stereocenters. The minimum Gasteiger partial charge on any atom is -0.459 e. The molecule has 0 saturated heterocycles. The van der Waals surface area contributed by atoms with Gasteiger partial charge in [-0.05, 0) is 12.5 Å². The predicted molar refractivity (Wildman–Crippen MR) is 63.3 cm³/mol. The van der Waals surface area contributed by atoms with Gasteiger partial charge in [-0.3, -0.25) is 0 Å². The van der Waals surface area contributed by atoms with Gasteiger partial charge in [-0.25, -0.2) is 9.59 Å². The number of nitrogens with one attached hydrogen (secondary N) is 2. The molecule has 0 fully saturated rings. The number of carbonyl (C=O) groups is 2. The summed E-state index contributed by atoms with van der Waals surface area (Å²) in [6, 6.07) is 8.29. The number of rotatable bonds is 4. The Hall–Kier alpha value is -2.04. The second kappa shape index (κ2) is 6.52. The summed E-state index contributed by atoms with van der Waals surface area (Å²) >= 11 is 0. The van der Waals surface area contributed by atoms with Crippen LogP contribution in [0, 0.1) is 0 Å². The van der Waals surface area contributed by atoms with Gasteiger partial charge in [0.2, 0.25) is 0 Å². The Kier molecular flexibility index (Phi) is 5.00. The minimum absolute atomic E-state index is 0.208. The summed E-state index contributed by atoms with van der Waals surface area (Å²) in [6.45, 7) is 1.78. The number of hydrogen-bond acceptors (Lipinski definition) is 3. The maximum absolute atomic E-state index is 11.5. The Morgan fingerprint density at radius 1 is 1.29 bits per heavy atom. The van der Waals surface area contributed by atoms with Gasteiger partial charge in [-0.2, -0.15) is 0 Å². The third kappa shape index (κ3) is 4.55. The zero-order valence-electron chi connectivity index (χ0n) is 9.90. The van der Waals surface area contributed by atoms with Crippen molar-refractivity contribution < 1.29 is 14.3 Å². The Morgan fingerprint density at radius 2 is 1.94 bits per heavy atom. The molecule has 0 aliphatic heterocycles. The molecule has 2 amide bonds. The number of urea groups is 1. The number of amides is 2. The van der Waals surface area contributed by atoms with E-state index in [9.17, 15) is 9.59 Å². The molecule has 1 unspecified atom stereocenters. The summed E-state index contributed by atoms with van der Waals surface area (Å²) < 4.78 is 5.05. The van der Waals surface area contributed by atoms with Crippen molar-refractivity contribution in [3.63, 3.8) is 0 Å². The molecule has 0 aliphatic rings. The van der Waals surface area contributed by atoms with Gasteiger partial charge >= 0.3 is 12.0 Å². The van der Waals surface area contributed by atoms with Gasteiger partial charge < -0.3 is 15.4 Å². The topological polar surface area (TPSA) is 67.4 Å². The van der Waals surface area contributed by atoms with Crippen LogP contribution in [0.25, 0.3) is 0 Å². The highest BCUT2D eigenvalue weighted by molar-refractivity contribution is 5.83.